The number of amides is 1. The maximum Gasteiger partial charge on any atom is 0.228 e. The van der Waals surface area contributed by atoms with Gasteiger partial charge < -0.3 is 5.32 Å². The molecule has 1 amide bonds. The van der Waals surface area contributed by atoms with E-state index in [9.17, 15) is 13.2 Å². The highest BCUT2D eigenvalue weighted by Crippen LogP contribution is 2.23. The standard InChI is InChI=1S/C18H20ClN3O3S/c19-16-7-5-14(6-8-16)13-26(24,25)22-10-2-3-15(12-22)18(23)21-17-4-1-9-20-11-17/h1,4-9,11,15H,2-3,10,12-13H2,(H,21,23). The first-order valence-electron chi connectivity index (χ1n) is 8.37. The molecule has 1 N–H and O–H groups in total. The summed E-state index contributed by atoms with van der Waals surface area (Å²) in [5, 5.41) is 3.37. The van der Waals surface area contributed by atoms with Gasteiger partial charge in [-0.2, -0.15) is 0 Å². The van der Waals surface area contributed by atoms with Crippen LogP contribution in [0.1, 0.15) is 18.4 Å². The molecule has 0 bridgehead atoms. The average Bonchev–Trinajstić information content (AvgIpc) is 2.64. The number of benzene rings is 1. The third-order valence-corrected chi connectivity index (χ3v) is 6.41. The molecule has 1 saturated heterocycles. The van der Waals surface area contributed by atoms with Crippen molar-refractivity contribution in [3.8, 4) is 0 Å². The number of hydrogen-bond acceptors (Lipinski definition) is 4. The fraction of sp³-hybridized carbons (Fsp3) is 0.333. The van der Waals surface area contributed by atoms with Gasteiger partial charge in [0.1, 0.15) is 0 Å². The molecule has 2 aromatic rings. The van der Waals surface area contributed by atoms with Crippen LogP contribution in [0.5, 0.6) is 0 Å². The number of nitrogens with zero attached hydrogens (tertiary/aromatic N) is 2. The first-order chi connectivity index (χ1) is 12.4. The third-order valence-electron chi connectivity index (χ3n) is 4.34. The molecule has 1 unspecified atom stereocenters. The second kappa shape index (κ2) is 8.16. The van der Waals surface area contributed by atoms with E-state index in [1.54, 1.807) is 48.8 Å². The molecule has 1 aromatic carbocycles. The SMILES string of the molecule is O=C(Nc1cccnc1)C1CCCN(S(=O)(=O)Cc2ccc(Cl)cc2)C1. The number of pyridine rings is 1. The van der Waals surface area contributed by atoms with Crippen LogP contribution in [-0.2, 0) is 20.6 Å². The molecule has 1 aliphatic heterocycles. The van der Waals surface area contributed by atoms with Gasteiger partial charge in [-0.3, -0.25) is 9.78 Å². The van der Waals surface area contributed by atoms with Crippen molar-refractivity contribution in [3.05, 3.63) is 59.4 Å². The Balaban J connectivity index is 1.65. The Bertz CT molecular complexity index is 857. The number of carbonyl (C=O) groups excluding carboxylic acids is 1. The quantitative estimate of drug-likeness (QED) is 0.847. The largest absolute Gasteiger partial charge is 0.324 e. The molecule has 26 heavy (non-hydrogen) atoms. The summed E-state index contributed by atoms with van der Waals surface area (Å²) in [6, 6.07) is 10.2. The minimum atomic E-state index is -3.49. The van der Waals surface area contributed by atoms with E-state index in [2.05, 4.69) is 10.3 Å². The number of anilines is 1. The highest BCUT2D eigenvalue weighted by atomic mass is 35.5. The Morgan fingerprint density at radius 3 is 2.73 bits per heavy atom. The second-order valence-electron chi connectivity index (χ2n) is 6.31. The van der Waals surface area contributed by atoms with Crippen LogP contribution in [0.4, 0.5) is 5.69 Å². The van der Waals surface area contributed by atoms with Gasteiger partial charge in [-0.25, -0.2) is 12.7 Å². The number of rotatable bonds is 5. The van der Waals surface area contributed by atoms with Crippen LogP contribution in [0.2, 0.25) is 5.02 Å². The van der Waals surface area contributed by atoms with Crippen molar-refractivity contribution in [1.29, 1.82) is 0 Å². The Kier molecular flexibility index (Phi) is 5.90. The summed E-state index contributed by atoms with van der Waals surface area (Å²) in [7, 11) is -3.49. The normalized spacial score (nSPS) is 18.4. The highest BCUT2D eigenvalue weighted by Gasteiger charge is 2.32. The Morgan fingerprint density at radius 2 is 2.04 bits per heavy atom. The van der Waals surface area contributed by atoms with Gasteiger partial charge in [-0.1, -0.05) is 23.7 Å². The zero-order valence-corrected chi connectivity index (χ0v) is 15.7. The lowest BCUT2D eigenvalue weighted by Crippen LogP contribution is -2.44. The Labute approximate surface area is 158 Å². The van der Waals surface area contributed by atoms with E-state index < -0.39 is 10.0 Å². The summed E-state index contributed by atoms with van der Waals surface area (Å²) in [4.78, 5) is 16.4. The number of carbonyl (C=O) groups is 1. The summed E-state index contributed by atoms with van der Waals surface area (Å²) >= 11 is 5.84. The average molecular weight is 394 g/mol. The molecule has 1 fully saturated rings. The van der Waals surface area contributed by atoms with E-state index >= 15 is 0 Å². The van der Waals surface area contributed by atoms with Gasteiger partial charge in [0.05, 0.1) is 23.6 Å². The van der Waals surface area contributed by atoms with Gasteiger partial charge in [0.25, 0.3) is 0 Å². The molecule has 0 radical (unpaired) electrons. The van der Waals surface area contributed by atoms with Crippen molar-refractivity contribution in [2.45, 2.75) is 18.6 Å². The van der Waals surface area contributed by atoms with E-state index in [-0.39, 0.29) is 24.1 Å². The van der Waals surface area contributed by atoms with Crippen molar-refractivity contribution in [2.75, 3.05) is 18.4 Å². The second-order valence-corrected chi connectivity index (χ2v) is 8.72. The summed E-state index contributed by atoms with van der Waals surface area (Å²) in [5.41, 5.74) is 1.29. The molecule has 2 heterocycles. The van der Waals surface area contributed by atoms with E-state index in [0.29, 0.717) is 35.7 Å². The third kappa shape index (κ3) is 4.81. The van der Waals surface area contributed by atoms with Gasteiger partial charge in [-0.15, -0.1) is 0 Å². The molecular formula is C18H20ClN3O3S. The number of nitrogens with one attached hydrogen (secondary N) is 1. The first kappa shape index (κ1) is 18.8. The Hall–Kier alpha value is -1.96. The molecule has 3 rings (SSSR count). The minimum absolute atomic E-state index is 0.0961. The van der Waals surface area contributed by atoms with Crippen molar-refractivity contribution in [3.63, 3.8) is 0 Å². The Morgan fingerprint density at radius 1 is 1.27 bits per heavy atom. The van der Waals surface area contributed by atoms with Crippen LogP contribution >= 0.6 is 11.6 Å². The molecule has 138 valence electrons. The first-order valence-corrected chi connectivity index (χ1v) is 10.4. The molecular weight excluding hydrogens is 374 g/mol. The zero-order chi connectivity index (χ0) is 18.6. The van der Waals surface area contributed by atoms with E-state index in [0.717, 1.165) is 0 Å². The number of piperidine rings is 1. The topological polar surface area (TPSA) is 79.4 Å². The number of aromatic nitrogens is 1. The van der Waals surface area contributed by atoms with Crippen LogP contribution in [0.25, 0.3) is 0 Å². The summed E-state index contributed by atoms with van der Waals surface area (Å²) in [6.45, 7) is 0.634. The van der Waals surface area contributed by atoms with Crippen LogP contribution in [0.15, 0.2) is 48.8 Å². The molecule has 1 aliphatic rings. The van der Waals surface area contributed by atoms with Crippen molar-refractivity contribution in [1.82, 2.24) is 9.29 Å². The highest BCUT2D eigenvalue weighted by molar-refractivity contribution is 7.88. The van der Waals surface area contributed by atoms with Crippen LogP contribution in [0, 0.1) is 5.92 Å². The fourth-order valence-corrected chi connectivity index (χ4v) is 4.71. The maximum absolute atomic E-state index is 12.7. The van der Waals surface area contributed by atoms with Crippen LogP contribution in [0.3, 0.4) is 0 Å². The summed E-state index contributed by atoms with van der Waals surface area (Å²) < 4.78 is 26.9. The van der Waals surface area contributed by atoms with Crippen LogP contribution < -0.4 is 5.32 Å². The molecule has 1 aromatic heterocycles. The lowest BCUT2D eigenvalue weighted by atomic mass is 9.99. The maximum atomic E-state index is 12.7. The smallest absolute Gasteiger partial charge is 0.228 e. The lowest BCUT2D eigenvalue weighted by molar-refractivity contribution is -0.120. The molecule has 1 atom stereocenters. The monoisotopic (exact) mass is 393 g/mol. The molecule has 0 spiro atoms. The molecule has 6 nitrogen and oxygen atoms in total. The van der Waals surface area contributed by atoms with Gasteiger partial charge in [-0.05, 0) is 42.7 Å². The predicted molar refractivity (Wildman–Crippen MR) is 101 cm³/mol. The fourth-order valence-electron chi connectivity index (χ4n) is 2.97. The van der Waals surface area contributed by atoms with Gasteiger partial charge in [0, 0.05) is 24.3 Å². The molecule has 0 aliphatic carbocycles. The molecule has 8 heteroatoms. The van der Waals surface area contributed by atoms with E-state index in [1.165, 1.54) is 4.31 Å². The van der Waals surface area contributed by atoms with Gasteiger partial charge in [0.2, 0.25) is 15.9 Å². The van der Waals surface area contributed by atoms with Gasteiger partial charge in [0.15, 0.2) is 0 Å². The van der Waals surface area contributed by atoms with Crippen LogP contribution in [-0.4, -0.2) is 36.7 Å². The van der Waals surface area contributed by atoms with Crippen molar-refractivity contribution in [2.24, 2.45) is 5.92 Å². The number of hydrogen-bond donors (Lipinski definition) is 1. The van der Waals surface area contributed by atoms with E-state index in [4.69, 9.17) is 11.6 Å². The number of sulfonamides is 1. The zero-order valence-electron chi connectivity index (χ0n) is 14.1. The number of halogens is 1. The van der Waals surface area contributed by atoms with E-state index in [1.807, 2.05) is 0 Å². The van der Waals surface area contributed by atoms with Crippen molar-refractivity contribution >= 4 is 33.2 Å². The van der Waals surface area contributed by atoms with Crippen molar-refractivity contribution < 1.29 is 13.2 Å². The lowest BCUT2D eigenvalue weighted by Gasteiger charge is -2.31. The van der Waals surface area contributed by atoms with Gasteiger partial charge >= 0.3 is 0 Å². The predicted octanol–water partition coefficient (Wildman–Crippen LogP) is 2.92. The summed E-state index contributed by atoms with van der Waals surface area (Å²) in [6.07, 6.45) is 4.52. The minimum Gasteiger partial charge on any atom is -0.324 e. The summed E-state index contributed by atoms with van der Waals surface area (Å²) in [5.74, 6) is -0.644. The molecule has 0 saturated carbocycles.